The monoisotopic (exact) mass is 254 g/mol. The number of nitrogens with zero attached hydrogens (tertiary/aromatic N) is 1. The predicted molar refractivity (Wildman–Crippen MR) is 67.4 cm³/mol. The van der Waals surface area contributed by atoms with E-state index in [4.69, 9.17) is 4.74 Å². The number of hydrogen-bond donors (Lipinski definition) is 1. The van der Waals surface area contributed by atoms with Crippen molar-refractivity contribution >= 4 is 11.9 Å². The zero-order valence-corrected chi connectivity index (χ0v) is 11.4. The first-order valence-corrected chi connectivity index (χ1v) is 6.60. The average molecular weight is 254 g/mol. The summed E-state index contributed by atoms with van der Waals surface area (Å²) in [6.45, 7) is 7.35. The molecule has 1 saturated carbocycles. The highest BCUT2D eigenvalue weighted by molar-refractivity contribution is 5.94. The Labute approximate surface area is 108 Å². The van der Waals surface area contributed by atoms with Crippen LogP contribution in [0, 0.1) is 0 Å². The second kappa shape index (κ2) is 4.53. The van der Waals surface area contributed by atoms with Gasteiger partial charge in [0.2, 0.25) is 0 Å². The molecule has 1 unspecified atom stereocenters. The molecular formula is C13H22N2O3. The minimum absolute atomic E-state index is 0.167. The number of carbonyl (C=O) groups is 2. The van der Waals surface area contributed by atoms with Crippen molar-refractivity contribution < 1.29 is 14.3 Å². The van der Waals surface area contributed by atoms with Gasteiger partial charge in [0.1, 0.15) is 11.1 Å². The van der Waals surface area contributed by atoms with Crippen LogP contribution in [0.3, 0.4) is 0 Å². The molecule has 2 aliphatic rings. The van der Waals surface area contributed by atoms with Crippen LogP contribution < -0.4 is 5.32 Å². The van der Waals surface area contributed by atoms with Gasteiger partial charge in [0.05, 0.1) is 0 Å². The summed E-state index contributed by atoms with van der Waals surface area (Å²) in [5.74, 6) is 0.167. The molecule has 1 aliphatic carbocycles. The Hall–Kier alpha value is -1.10. The van der Waals surface area contributed by atoms with Crippen molar-refractivity contribution in [2.45, 2.75) is 51.2 Å². The Bertz CT molecular complexity index is 362. The van der Waals surface area contributed by atoms with Gasteiger partial charge in [-0.1, -0.05) is 0 Å². The largest absolute Gasteiger partial charge is 0.444 e. The van der Waals surface area contributed by atoms with Gasteiger partial charge in [0, 0.05) is 26.1 Å². The van der Waals surface area contributed by atoms with E-state index in [1.807, 2.05) is 20.8 Å². The summed E-state index contributed by atoms with van der Waals surface area (Å²) >= 11 is 0. The number of ketones is 1. The molecule has 1 spiro atoms. The number of rotatable bonds is 0. The zero-order chi connectivity index (χ0) is 13.4. The maximum Gasteiger partial charge on any atom is 0.411 e. The summed E-state index contributed by atoms with van der Waals surface area (Å²) < 4.78 is 5.42. The van der Waals surface area contributed by atoms with Gasteiger partial charge in [-0.3, -0.25) is 9.69 Å². The van der Waals surface area contributed by atoms with E-state index in [0.29, 0.717) is 26.1 Å². The number of Topliss-reactive ketones (excluding diaryl/α,β-unsaturated/α-hetero) is 1. The van der Waals surface area contributed by atoms with E-state index in [1.54, 1.807) is 4.90 Å². The molecule has 18 heavy (non-hydrogen) atoms. The van der Waals surface area contributed by atoms with E-state index in [2.05, 4.69) is 5.32 Å². The predicted octanol–water partition coefficient (Wildman–Crippen LogP) is 1.32. The number of hydrogen-bond acceptors (Lipinski definition) is 4. The Kier molecular flexibility index (Phi) is 3.36. The van der Waals surface area contributed by atoms with Gasteiger partial charge in [-0.2, -0.15) is 0 Å². The summed E-state index contributed by atoms with van der Waals surface area (Å²) in [6, 6.07) is 0. The fourth-order valence-electron chi connectivity index (χ4n) is 2.76. The highest BCUT2D eigenvalue weighted by atomic mass is 16.6. The van der Waals surface area contributed by atoms with E-state index < -0.39 is 11.1 Å². The molecule has 2 rings (SSSR count). The van der Waals surface area contributed by atoms with Gasteiger partial charge in [0.15, 0.2) is 5.78 Å². The number of piperazine rings is 1. The zero-order valence-electron chi connectivity index (χ0n) is 11.4. The van der Waals surface area contributed by atoms with Gasteiger partial charge < -0.3 is 10.1 Å². The summed E-state index contributed by atoms with van der Waals surface area (Å²) in [7, 11) is 0. The topological polar surface area (TPSA) is 58.6 Å². The van der Waals surface area contributed by atoms with Gasteiger partial charge >= 0.3 is 6.09 Å². The van der Waals surface area contributed by atoms with Crippen molar-refractivity contribution in [1.82, 2.24) is 10.2 Å². The maximum absolute atomic E-state index is 12.2. The molecular weight excluding hydrogens is 232 g/mol. The molecule has 1 aliphatic heterocycles. The van der Waals surface area contributed by atoms with Crippen LogP contribution in [0.15, 0.2) is 0 Å². The summed E-state index contributed by atoms with van der Waals surface area (Å²) in [5.41, 5.74) is -1.18. The lowest BCUT2D eigenvalue weighted by Gasteiger charge is -2.43. The molecule has 2 fully saturated rings. The summed E-state index contributed by atoms with van der Waals surface area (Å²) in [4.78, 5) is 26.0. The van der Waals surface area contributed by atoms with E-state index in [1.165, 1.54) is 0 Å². The fourth-order valence-corrected chi connectivity index (χ4v) is 2.76. The molecule has 102 valence electrons. The SMILES string of the molecule is CC(C)(C)OC(=O)N1CCNCC12CCCC2=O. The Morgan fingerprint density at radius 1 is 1.44 bits per heavy atom. The quantitative estimate of drug-likeness (QED) is 0.708. The smallest absolute Gasteiger partial charge is 0.411 e. The molecule has 1 atom stereocenters. The van der Waals surface area contributed by atoms with Crippen LogP contribution in [0.5, 0.6) is 0 Å². The van der Waals surface area contributed by atoms with Crippen LogP contribution >= 0.6 is 0 Å². The molecule has 0 aromatic carbocycles. The first-order valence-electron chi connectivity index (χ1n) is 6.60. The molecule has 1 N–H and O–H groups in total. The molecule has 0 aromatic heterocycles. The molecule has 1 amide bonds. The van der Waals surface area contributed by atoms with Crippen LogP contribution in [0.4, 0.5) is 4.79 Å². The lowest BCUT2D eigenvalue weighted by atomic mass is 9.92. The molecule has 0 bridgehead atoms. The van der Waals surface area contributed by atoms with Crippen molar-refractivity contribution in [2.24, 2.45) is 0 Å². The lowest BCUT2D eigenvalue weighted by Crippen LogP contribution is -2.65. The van der Waals surface area contributed by atoms with Crippen molar-refractivity contribution in [3.63, 3.8) is 0 Å². The second-order valence-electron chi connectivity index (χ2n) is 6.12. The molecule has 1 heterocycles. The number of amides is 1. The molecule has 0 radical (unpaired) electrons. The maximum atomic E-state index is 12.2. The van der Waals surface area contributed by atoms with Crippen molar-refractivity contribution in [3.8, 4) is 0 Å². The van der Waals surface area contributed by atoms with Crippen LogP contribution in [-0.2, 0) is 9.53 Å². The van der Waals surface area contributed by atoms with Gasteiger partial charge in [-0.15, -0.1) is 0 Å². The highest BCUT2D eigenvalue weighted by Gasteiger charge is 2.51. The molecule has 5 heteroatoms. The first kappa shape index (κ1) is 13.3. The van der Waals surface area contributed by atoms with Crippen molar-refractivity contribution in [2.75, 3.05) is 19.6 Å². The molecule has 0 aromatic rings. The third-order valence-electron chi connectivity index (χ3n) is 3.57. The lowest BCUT2D eigenvalue weighted by molar-refractivity contribution is -0.129. The number of carbonyl (C=O) groups excluding carboxylic acids is 2. The third kappa shape index (κ3) is 2.36. The van der Waals surface area contributed by atoms with Gasteiger partial charge in [-0.25, -0.2) is 4.79 Å². The Morgan fingerprint density at radius 2 is 2.17 bits per heavy atom. The van der Waals surface area contributed by atoms with E-state index in [0.717, 1.165) is 12.8 Å². The van der Waals surface area contributed by atoms with E-state index in [9.17, 15) is 9.59 Å². The normalized spacial score (nSPS) is 28.8. The highest BCUT2D eigenvalue weighted by Crippen LogP contribution is 2.34. The Balaban J connectivity index is 2.18. The third-order valence-corrected chi connectivity index (χ3v) is 3.57. The molecule has 1 saturated heterocycles. The fraction of sp³-hybridized carbons (Fsp3) is 0.846. The number of ether oxygens (including phenoxy) is 1. The van der Waals surface area contributed by atoms with Gasteiger partial charge in [-0.05, 0) is 33.6 Å². The van der Waals surface area contributed by atoms with Crippen LogP contribution in [0.1, 0.15) is 40.0 Å². The minimum atomic E-state index is -0.652. The second-order valence-corrected chi connectivity index (χ2v) is 6.12. The number of nitrogens with one attached hydrogen (secondary N) is 1. The average Bonchev–Trinajstić information content (AvgIpc) is 2.59. The first-order chi connectivity index (χ1) is 8.35. The van der Waals surface area contributed by atoms with E-state index >= 15 is 0 Å². The van der Waals surface area contributed by atoms with E-state index in [-0.39, 0.29) is 11.9 Å². The van der Waals surface area contributed by atoms with Gasteiger partial charge in [0.25, 0.3) is 0 Å². The van der Waals surface area contributed by atoms with Crippen LogP contribution in [0.25, 0.3) is 0 Å². The summed E-state index contributed by atoms with van der Waals surface area (Å²) in [6.07, 6.45) is 1.82. The summed E-state index contributed by atoms with van der Waals surface area (Å²) in [5, 5.41) is 3.23. The Morgan fingerprint density at radius 3 is 2.72 bits per heavy atom. The van der Waals surface area contributed by atoms with Crippen LogP contribution in [-0.4, -0.2) is 47.6 Å². The van der Waals surface area contributed by atoms with Crippen molar-refractivity contribution in [1.29, 1.82) is 0 Å². The molecule has 5 nitrogen and oxygen atoms in total. The van der Waals surface area contributed by atoms with Crippen LogP contribution in [0.2, 0.25) is 0 Å². The van der Waals surface area contributed by atoms with Crippen molar-refractivity contribution in [3.05, 3.63) is 0 Å². The standard InChI is InChI=1S/C13H22N2O3/c1-12(2,3)18-11(17)15-8-7-14-9-13(15)6-4-5-10(13)16/h14H,4-9H2,1-3H3. The minimum Gasteiger partial charge on any atom is -0.444 e.